The number of hydrogen-bond acceptors (Lipinski definition) is 5. The van der Waals surface area contributed by atoms with Crippen molar-refractivity contribution in [2.75, 3.05) is 5.32 Å². The molecule has 154 valence electrons. The normalized spacial score (nSPS) is 15.1. The van der Waals surface area contributed by atoms with Crippen LogP contribution >= 0.6 is 11.6 Å². The third kappa shape index (κ3) is 5.11. The lowest BCUT2D eigenvalue weighted by Gasteiger charge is -2.22. The molecule has 2 N–H and O–H groups in total. The number of amides is 1. The average molecular weight is 438 g/mol. The van der Waals surface area contributed by atoms with E-state index < -0.39 is 20.9 Å². The molecule has 1 saturated carbocycles. The summed E-state index contributed by atoms with van der Waals surface area (Å²) in [5, 5.41) is 13.6. The van der Waals surface area contributed by atoms with Gasteiger partial charge in [-0.3, -0.25) is 14.9 Å². The second-order valence-electron chi connectivity index (χ2n) is 6.83. The van der Waals surface area contributed by atoms with Gasteiger partial charge in [0.2, 0.25) is 10.0 Å². The van der Waals surface area contributed by atoms with Crippen LogP contribution in [-0.4, -0.2) is 25.3 Å². The zero-order valence-corrected chi connectivity index (χ0v) is 17.0. The maximum Gasteiger partial charge on any atom is 0.292 e. The largest absolute Gasteiger partial charge is 0.316 e. The first kappa shape index (κ1) is 21.2. The summed E-state index contributed by atoms with van der Waals surface area (Å²) >= 11 is 6.09. The summed E-state index contributed by atoms with van der Waals surface area (Å²) in [5.74, 6) is -0.737. The van der Waals surface area contributed by atoms with Crippen LogP contribution < -0.4 is 10.0 Å². The first-order valence-electron chi connectivity index (χ1n) is 9.14. The minimum atomic E-state index is -3.82. The summed E-state index contributed by atoms with van der Waals surface area (Å²) in [4.78, 5) is 23.1. The topological polar surface area (TPSA) is 118 Å². The summed E-state index contributed by atoms with van der Waals surface area (Å²) < 4.78 is 28.1. The highest BCUT2D eigenvalue weighted by atomic mass is 35.5. The molecule has 29 heavy (non-hydrogen) atoms. The van der Waals surface area contributed by atoms with Crippen molar-refractivity contribution >= 4 is 38.9 Å². The van der Waals surface area contributed by atoms with Gasteiger partial charge in [-0.05, 0) is 37.1 Å². The molecule has 0 atom stereocenters. The van der Waals surface area contributed by atoms with Crippen LogP contribution in [0, 0.1) is 10.1 Å². The van der Waals surface area contributed by atoms with Gasteiger partial charge in [-0.1, -0.05) is 43.0 Å². The number of halogens is 1. The Morgan fingerprint density at radius 1 is 1.10 bits per heavy atom. The molecule has 0 bridgehead atoms. The van der Waals surface area contributed by atoms with Gasteiger partial charge in [0, 0.05) is 12.1 Å². The highest BCUT2D eigenvalue weighted by Gasteiger charge is 2.24. The fourth-order valence-electron chi connectivity index (χ4n) is 3.28. The van der Waals surface area contributed by atoms with E-state index in [4.69, 9.17) is 11.6 Å². The lowest BCUT2D eigenvalue weighted by molar-refractivity contribution is -0.383. The number of nitrogens with one attached hydrogen (secondary N) is 2. The van der Waals surface area contributed by atoms with E-state index in [1.54, 1.807) is 6.07 Å². The van der Waals surface area contributed by atoms with E-state index in [1.165, 1.54) is 36.4 Å². The third-order valence-electron chi connectivity index (χ3n) is 4.77. The molecule has 0 spiro atoms. The number of sulfonamides is 1. The standard InChI is InChI=1S/C19H20ClN3O5S/c20-16-11-10-14(29(27,28)22-13-6-2-1-3-7-13)12-15(16)19(24)21-17-8-4-5-9-18(17)23(25)26/h4-5,8-13,22H,1-3,6-7H2,(H,21,24). The molecule has 8 nitrogen and oxygen atoms in total. The van der Waals surface area contributed by atoms with Crippen molar-refractivity contribution in [3.05, 3.63) is 63.2 Å². The number of rotatable bonds is 6. The molecule has 0 radical (unpaired) electrons. The predicted molar refractivity (Wildman–Crippen MR) is 110 cm³/mol. The zero-order chi connectivity index (χ0) is 21.0. The Hall–Kier alpha value is -2.49. The molecule has 1 amide bonds. The lowest BCUT2D eigenvalue weighted by atomic mass is 9.96. The van der Waals surface area contributed by atoms with Crippen LogP contribution in [-0.2, 0) is 10.0 Å². The van der Waals surface area contributed by atoms with Gasteiger partial charge in [0.05, 0.1) is 20.4 Å². The number of para-hydroxylation sites is 2. The van der Waals surface area contributed by atoms with Gasteiger partial charge in [-0.25, -0.2) is 13.1 Å². The highest BCUT2D eigenvalue weighted by Crippen LogP contribution is 2.27. The van der Waals surface area contributed by atoms with Gasteiger partial charge in [-0.15, -0.1) is 0 Å². The van der Waals surface area contributed by atoms with Crippen LogP contribution in [0.4, 0.5) is 11.4 Å². The first-order chi connectivity index (χ1) is 13.8. The third-order valence-corrected chi connectivity index (χ3v) is 6.62. The molecule has 1 aliphatic carbocycles. The number of nitro benzene ring substituents is 1. The molecule has 0 heterocycles. The quantitative estimate of drug-likeness (QED) is 0.520. The monoisotopic (exact) mass is 437 g/mol. The van der Waals surface area contributed by atoms with Crippen molar-refractivity contribution < 1.29 is 18.1 Å². The van der Waals surface area contributed by atoms with Crippen LogP contribution in [0.25, 0.3) is 0 Å². The minimum Gasteiger partial charge on any atom is -0.316 e. The number of carbonyl (C=O) groups is 1. The Bertz CT molecular complexity index is 1040. The van der Waals surface area contributed by atoms with Gasteiger partial charge in [0.1, 0.15) is 5.69 Å². The van der Waals surface area contributed by atoms with Crippen LogP contribution in [0.1, 0.15) is 42.5 Å². The number of nitro groups is 1. The Labute approximate surface area is 173 Å². The van der Waals surface area contributed by atoms with E-state index in [-0.39, 0.29) is 32.9 Å². The zero-order valence-electron chi connectivity index (χ0n) is 15.4. The molecule has 2 aromatic rings. The van der Waals surface area contributed by atoms with E-state index in [0.717, 1.165) is 32.1 Å². The molecule has 0 saturated heterocycles. The van der Waals surface area contributed by atoms with E-state index in [1.807, 2.05) is 0 Å². The second-order valence-corrected chi connectivity index (χ2v) is 8.95. The van der Waals surface area contributed by atoms with Crippen LogP contribution in [0.15, 0.2) is 47.4 Å². The molecule has 3 rings (SSSR count). The van der Waals surface area contributed by atoms with Gasteiger partial charge in [-0.2, -0.15) is 0 Å². The Morgan fingerprint density at radius 3 is 2.48 bits per heavy atom. The number of benzene rings is 2. The van der Waals surface area contributed by atoms with E-state index in [2.05, 4.69) is 10.0 Å². The molecule has 1 fully saturated rings. The Kier molecular flexibility index (Phi) is 6.51. The van der Waals surface area contributed by atoms with Crippen LogP contribution in [0.2, 0.25) is 5.02 Å². The Balaban J connectivity index is 1.85. The van der Waals surface area contributed by atoms with Gasteiger partial charge >= 0.3 is 0 Å². The second kappa shape index (κ2) is 8.89. The predicted octanol–water partition coefficient (Wildman–Crippen LogP) is 4.11. The van der Waals surface area contributed by atoms with Crippen molar-refractivity contribution in [3.8, 4) is 0 Å². The van der Waals surface area contributed by atoms with Crippen molar-refractivity contribution in [1.29, 1.82) is 0 Å². The van der Waals surface area contributed by atoms with E-state index in [9.17, 15) is 23.3 Å². The van der Waals surface area contributed by atoms with E-state index in [0.29, 0.717) is 0 Å². The maximum absolute atomic E-state index is 12.7. The van der Waals surface area contributed by atoms with Crippen LogP contribution in [0.3, 0.4) is 0 Å². The number of carbonyl (C=O) groups excluding carboxylic acids is 1. The summed E-state index contributed by atoms with van der Waals surface area (Å²) in [7, 11) is -3.82. The Morgan fingerprint density at radius 2 is 1.79 bits per heavy atom. The van der Waals surface area contributed by atoms with Crippen molar-refractivity contribution in [3.63, 3.8) is 0 Å². The van der Waals surface area contributed by atoms with Gasteiger partial charge in [0.15, 0.2) is 0 Å². The SMILES string of the molecule is O=C(Nc1ccccc1[N+](=O)[O-])c1cc(S(=O)(=O)NC2CCCCC2)ccc1Cl. The molecule has 2 aromatic carbocycles. The molecule has 0 aromatic heterocycles. The molecule has 0 unspecified atom stereocenters. The summed E-state index contributed by atoms with van der Waals surface area (Å²) in [6, 6.07) is 9.36. The smallest absolute Gasteiger partial charge is 0.292 e. The molecule has 0 aliphatic heterocycles. The number of anilines is 1. The van der Waals surface area contributed by atoms with E-state index >= 15 is 0 Å². The first-order valence-corrected chi connectivity index (χ1v) is 11.0. The summed E-state index contributed by atoms with van der Waals surface area (Å²) in [6.07, 6.45) is 4.58. The van der Waals surface area contributed by atoms with Crippen molar-refractivity contribution in [2.45, 2.75) is 43.0 Å². The molecular weight excluding hydrogens is 418 g/mol. The van der Waals surface area contributed by atoms with Crippen LogP contribution in [0.5, 0.6) is 0 Å². The number of hydrogen-bond donors (Lipinski definition) is 2. The van der Waals surface area contributed by atoms with Gasteiger partial charge < -0.3 is 5.32 Å². The fraction of sp³-hybridized carbons (Fsp3) is 0.316. The molecule has 10 heteroatoms. The summed E-state index contributed by atoms with van der Waals surface area (Å²) in [5.41, 5.74) is -0.372. The summed E-state index contributed by atoms with van der Waals surface area (Å²) in [6.45, 7) is 0. The molecule has 1 aliphatic rings. The average Bonchev–Trinajstić information content (AvgIpc) is 2.68. The highest BCUT2D eigenvalue weighted by molar-refractivity contribution is 7.89. The lowest BCUT2D eigenvalue weighted by Crippen LogP contribution is -2.36. The minimum absolute atomic E-state index is 0.00726. The number of nitrogens with zero attached hydrogens (tertiary/aromatic N) is 1. The molecular formula is C19H20ClN3O5S. The van der Waals surface area contributed by atoms with Crippen molar-refractivity contribution in [1.82, 2.24) is 4.72 Å². The maximum atomic E-state index is 12.7. The fourth-order valence-corrected chi connectivity index (χ4v) is 4.82. The van der Waals surface area contributed by atoms with Crippen molar-refractivity contribution in [2.24, 2.45) is 0 Å². The van der Waals surface area contributed by atoms with Gasteiger partial charge in [0.25, 0.3) is 11.6 Å².